The van der Waals surface area contributed by atoms with Gasteiger partial charge < -0.3 is 10.0 Å². The molecule has 2 fully saturated rings. The van der Waals surface area contributed by atoms with Gasteiger partial charge in [-0.05, 0) is 38.7 Å². The largest absolute Gasteiger partial charge is 0.389 e. The van der Waals surface area contributed by atoms with Crippen LogP contribution < -0.4 is 0 Å². The van der Waals surface area contributed by atoms with Crippen molar-refractivity contribution in [1.82, 2.24) is 24.5 Å². The molecule has 1 N–H and O–H groups in total. The predicted molar refractivity (Wildman–Crippen MR) is 139 cm³/mol. The van der Waals surface area contributed by atoms with E-state index in [1.807, 2.05) is 60.5 Å². The highest BCUT2D eigenvalue weighted by Gasteiger charge is 2.43. The molecule has 0 spiro atoms. The minimum Gasteiger partial charge on any atom is -0.389 e. The van der Waals surface area contributed by atoms with Crippen molar-refractivity contribution in [2.75, 3.05) is 13.1 Å². The predicted octanol–water partition coefficient (Wildman–Crippen LogP) is 4.20. The lowest BCUT2D eigenvalue weighted by Crippen LogP contribution is -2.40. The summed E-state index contributed by atoms with van der Waals surface area (Å²) >= 11 is 0. The quantitative estimate of drug-likeness (QED) is 0.403. The molecule has 0 radical (unpaired) electrons. The van der Waals surface area contributed by atoms with E-state index in [0.717, 1.165) is 52.9 Å². The van der Waals surface area contributed by atoms with Gasteiger partial charge in [-0.25, -0.2) is 9.50 Å². The van der Waals surface area contributed by atoms with Gasteiger partial charge in [0, 0.05) is 41.9 Å². The third-order valence-corrected chi connectivity index (χ3v) is 7.76. The van der Waals surface area contributed by atoms with Crippen LogP contribution in [0.15, 0.2) is 54.9 Å². The summed E-state index contributed by atoms with van der Waals surface area (Å²) in [5, 5.41) is 14.7. The first-order chi connectivity index (χ1) is 18.0. The van der Waals surface area contributed by atoms with Gasteiger partial charge in [0.15, 0.2) is 11.9 Å². The lowest BCUT2D eigenvalue weighted by Gasteiger charge is -2.33. The maximum Gasteiger partial charge on any atom is 0.225 e. The molecule has 6 rings (SSSR count). The Morgan fingerprint density at radius 2 is 1.84 bits per heavy atom. The van der Waals surface area contributed by atoms with E-state index in [1.165, 1.54) is 0 Å². The molecule has 8 heteroatoms. The van der Waals surface area contributed by atoms with E-state index in [9.17, 15) is 14.7 Å². The van der Waals surface area contributed by atoms with Gasteiger partial charge in [-0.1, -0.05) is 36.4 Å². The van der Waals surface area contributed by atoms with Gasteiger partial charge in [0.2, 0.25) is 5.91 Å². The Kier molecular flexibility index (Phi) is 5.83. The van der Waals surface area contributed by atoms with Crippen LogP contribution in [-0.2, 0) is 4.79 Å². The fourth-order valence-electron chi connectivity index (χ4n) is 5.28. The van der Waals surface area contributed by atoms with Crippen LogP contribution in [0.5, 0.6) is 0 Å². The number of hydrogen-bond acceptors (Lipinski definition) is 6. The first-order valence-corrected chi connectivity index (χ1v) is 12.8. The van der Waals surface area contributed by atoms with E-state index in [0.29, 0.717) is 37.1 Å². The van der Waals surface area contributed by atoms with Crippen molar-refractivity contribution in [3.63, 3.8) is 0 Å². The summed E-state index contributed by atoms with van der Waals surface area (Å²) in [5.41, 5.74) is 5.71. The number of pyridine rings is 1. The van der Waals surface area contributed by atoms with Crippen molar-refractivity contribution in [3.05, 3.63) is 71.8 Å². The number of likely N-dealkylation sites (tertiary alicyclic amines) is 1. The van der Waals surface area contributed by atoms with Crippen LogP contribution in [0, 0.1) is 6.92 Å². The zero-order valence-corrected chi connectivity index (χ0v) is 20.8. The second kappa shape index (κ2) is 9.19. The molecule has 1 saturated heterocycles. The molecule has 4 aromatic rings. The standard InChI is InChI=1S/C29H29N5O3/c1-19-24(18-35)27(21-9-13-33(14-10-21)26(36)15-29(37)11-12-29)32-28-23(17-31-34(19)28)22-7-8-25(30-16-22)20-5-3-2-4-6-20/h2-8,16-18,21,37H,9-15H2,1H3. The zero-order valence-electron chi connectivity index (χ0n) is 20.8. The number of aryl methyl sites for hydroxylation is 1. The maximum absolute atomic E-state index is 12.6. The molecule has 1 saturated carbocycles. The molecule has 0 unspecified atom stereocenters. The Bertz CT molecular complexity index is 1470. The number of amides is 1. The third-order valence-electron chi connectivity index (χ3n) is 7.76. The molecule has 1 aliphatic heterocycles. The number of aldehydes is 1. The van der Waals surface area contributed by atoms with E-state index < -0.39 is 5.60 Å². The highest BCUT2D eigenvalue weighted by Crippen LogP contribution is 2.39. The number of aliphatic hydroxyl groups is 1. The average Bonchev–Trinajstić information content (AvgIpc) is 3.50. The van der Waals surface area contributed by atoms with Crippen molar-refractivity contribution in [3.8, 4) is 22.4 Å². The second-order valence-electron chi connectivity index (χ2n) is 10.3. The van der Waals surface area contributed by atoms with Crippen LogP contribution in [0.1, 0.15) is 59.8 Å². The van der Waals surface area contributed by atoms with E-state index in [1.54, 1.807) is 10.7 Å². The van der Waals surface area contributed by atoms with Crippen molar-refractivity contribution >= 4 is 17.8 Å². The summed E-state index contributed by atoms with van der Waals surface area (Å²) in [7, 11) is 0. The minimum atomic E-state index is -0.783. The van der Waals surface area contributed by atoms with Gasteiger partial charge >= 0.3 is 0 Å². The lowest BCUT2D eigenvalue weighted by molar-refractivity contribution is -0.134. The van der Waals surface area contributed by atoms with Crippen molar-refractivity contribution < 1.29 is 14.7 Å². The Morgan fingerprint density at radius 3 is 2.49 bits per heavy atom. The molecule has 8 nitrogen and oxygen atoms in total. The normalized spacial score (nSPS) is 17.2. The Balaban J connectivity index is 1.29. The fourth-order valence-corrected chi connectivity index (χ4v) is 5.28. The minimum absolute atomic E-state index is 0.0122. The van der Waals surface area contributed by atoms with E-state index in [-0.39, 0.29) is 18.2 Å². The zero-order chi connectivity index (χ0) is 25.6. The molecule has 1 amide bonds. The second-order valence-corrected chi connectivity index (χ2v) is 10.3. The van der Waals surface area contributed by atoms with Gasteiger partial charge in [0.05, 0.1) is 40.9 Å². The molecule has 0 bridgehead atoms. The van der Waals surface area contributed by atoms with Crippen LogP contribution in [0.4, 0.5) is 0 Å². The number of fused-ring (bicyclic) bond motifs is 1. The number of carbonyl (C=O) groups is 2. The lowest BCUT2D eigenvalue weighted by atomic mass is 9.90. The Hall–Kier alpha value is -3.91. The number of benzene rings is 1. The first-order valence-electron chi connectivity index (χ1n) is 12.8. The Labute approximate surface area is 215 Å². The van der Waals surface area contributed by atoms with Crippen molar-refractivity contribution in [1.29, 1.82) is 0 Å². The van der Waals surface area contributed by atoms with E-state index in [2.05, 4.69) is 10.1 Å². The molecule has 188 valence electrons. The van der Waals surface area contributed by atoms with E-state index in [4.69, 9.17) is 4.98 Å². The summed E-state index contributed by atoms with van der Waals surface area (Å²) < 4.78 is 1.72. The number of rotatable bonds is 6. The summed E-state index contributed by atoms with van der Waals surface area (Å²) in [5.74, 6) is 0.0801. The number of carbonyl (C=O) groups excluding carboxylic acids is 2. The highest BCUT2D eigenvalue weighted by atomic mass is 16.3. The molecule has 1 aliphatic carbocycles. The Morgan fingerprint density at radius 1 is 1.08 bits per heavy atom. The molecule has 4 heterocycles. The average molecular weight is 496 g/mol. The van der Waals surface area contributed by atoms with Gasteiger partial charge in [-0.15, -0.1) is 0 Å². The summed E-state index contributed by atoms with van der Waals surface area (Å²) in [6.07, 6.45) is 7.55. The number of aromatic nitrogens is 4. The van der Waals surface area contributed by atoms with Gasteiger partial charge in [-0.2, -0.15) is 5.10 Å². The molecular formula is C29H29N5O3. The van der Waals surface area contributed by atoms with Crippen LogP contribution in [0.3, 0.4) is 0 Å². The van der Waals surface area contributed by atoms with Crippen LogP contribution in [0.2, 0.25) is 0 Å². The summed E-state index contributed by atoms with van der Waals surface area (Å²) in [4.78, 5) is 36.2. The van der Waals surface area contributed by atoms with Crippen molar-refractivity contribution in [2.45, 2.75) is 50.5 Å². The topological polar surface area (TPSA) is 101 Å². The van der Waals surface area contributed by atoms with Crippen LogP contribution >= 0.6 is 0 Å². The summed E-state index contributed by atoms with van der Waals surface area (Å²) in [6, 6.07) is 14.0. The maximum atomic E-state index is 12.6. The summed E-state index contributed by atoms with van der Waals surface area (Å²) in [6.45, 7) is 3.09. The molecule has 1 aromatic carbocycles. The smallest absolute Gasteiger partial charge is 0.225 e. The monoisotopic (exact) mass is 495 g/mol. The van der Waals surface area contributed by atoms with Gasteiger partial charge in [0.1, 0.15) is 0 Å². The molecule has 0 atom stereocenters. The van der Waals surface area contributed by atoms with Crippen molar-refractivity contribution in [2.24, 2.45) is 0 Å². The first kappa shape index (κ1) is 23.5. The fraction of sp³-hybridized carbons (Fsp3) is 0.345. The molecule has 37 heavy (non-hydrogen) atoms. The number of piperidine rings is 1. The van der Waals surface area contributed by atoms with Gasteiger partial charge in [-0.3, -0.25) is 14.6 Å². The number of nitrogens with zero attached hydrogens (tertiary/aromatic N) is 5. The van der Waals surface area contributed by atoms with Crippen LogP contribution in [-0.4, -0.2) is 60.5 Å². The molecule has 2 aliphatic rings. The van der Waals surface area contributed by atoms with E-state index >= 15 is 0 Å². The molecular weight excluding hydrogens is 466 g/mol. The van der Waals surface area contributed by atoms with Gasteiger partial charge in [0.25, 0.3) is 0 Å². The third kappa shape index (κ3) is 4.42. The molecule has 3 aromatic heterocycles. The SMILES string of the molecule is Cc1c(C=O)c(C2CCN(C(=O)CC3(O)CC3)CC2)nc2c(-c3ccc(-c4ccccc4)nc3)cnn12. The number of hydrogen-bond donors (Lipinski definition) is 1. The highest BCUT2D eigenvalue weighted by molar-refractivity contribution is 5.83. The van der Waals surface area contributed by atoms with Crippen LogP contribution in [0.25, 0.3) is 28.0 Å².